The third kappa shape index (κ3) is 4.73. The van der Waals surface area contributed by atoms with Crippen LogP contribution in [0.5, 0.6) is 11.5 Å². The number of likely N-dealkylation sites (tertiary alicyclic amines) is 1. The van der Waals surface area contributed by atoms with Crippen LogP contribution in [0.3, 0.4) is 0 Å². The molecule has 178 valence electrons. The molecule has 1 aromatic heterocycles. The zero-order valence-corrected chi connectivity index (χ0v) is 18.9. The molecule has 1 amide bonds. The summed E-state index contributed by atoms with van der Waals surface area (Å²) in [7, 11) is 0. The van der Waals surface area contributed by atoms with Gasteiger partial charge in [-0.3, -0.25) is 10.2 Å². The van der Waals surface area contributed by atoms with Crippen LogP contribution >= 0.6 is 0 Å². The molecule has 0 unspecified atom stereocenters. The molecule has 4 aromatic rings. The number of fused-ring (bicyclic) bond motifs is 1. The van der Waals surface area contributed by atoms with Crippen LogP contribution in [0.25, 0.3) is 10.9 Å². The summed E-state index contributed by atoms with van der Waals surface area (Å²) in [4.78, 5) is 14.5. The normalized spacial score (nSPS) is 14.9. The van der Waals surface area contributed by atoms with E-state index in [0.717, 1.165) is 16.7 Å². The van der Waals surface area contributed by atoms with Gasteiger partial charge in [-0.15, -0.1) is 0 Å². The maximum absolute atomic E-state index is 13.8. The number of aromatic nitrogens is 1. The predicted octanol–water partition coefficient (Wildman–Crippen LogP) is 5.25. The van der Waals surface area contributed by atoms with Gasteiger partial charge in [0.2, 0.25) is 0 Å². The van der Waals surface area contributed by atoms with Gasteiger partial charge < -0.3 is 19.9 Å². The first-order valence-electron chi connectivity index (χ1n) is 11.3. The Kier molecular flexibility index (Phi) is 5.72. The van der Waals surface area contributed by atoms with E-state index in [4.69, 9.17) is 15.9 Å². The Hall–Kier alpha value is -4.20. The second-order valence-corrected chi connectivity index (χ2v) is 8.69. The number of nitrogens with two attached hydrogens (primary N) is 1. The summed E-state index contributed by atoms with van der Waals surface area (Å²) in [6.45, 7) is -0.239. The van der Waals surface area contributed by atoms with Crippen molar-refractivity contribution >= 4 is 22.6 Å². The minimum absolute atomic E-state index is 0.0115. The van der Waals surface area contributed by atoms with Crippen molar-refractivity contribution in [3.63, 3.8) is 0 Å². The minimum atomic E-state index is -2.87. The molecule has 1 aliphatic rings. The number of hydrogen-bond donors (Lipinski definition) is 2. The standard InChI is InChI=1S/C27H24F2N4O2/c28-27(29)12-13-32(17-27)26(34)24-14-19-8-9-20(25(30)31)15-23(19)33(24)16-18-6-10-22(11-7-18)35-21-4-2-1-3-5-21/h1-11,14-15H,12-13,16-17H2,(H3,30,31). The lowest BCUT2D eigenvalue weighted by atomic mass is 10.1. The van der Waals surface area contributed by atoms with Crippen LogP contribution in [0.1, 0.15) is 28.0 Å². The van der Waals surface area contributed by atoms with Gasteiger partial charge in [0, 0.05) is 36.0 Å². The average molecular weight is 475 g/mol. The number of carbonyl (C=O) groups is 1. The van der Waals surface area contributed by atoms with Crippen molar-refractivity contribution in [3.05, 3.63) is 95.7 Å². The van der Waals surface area contributed by atoms with Gasteiger partial charge in [0.15, 0.2) is 0 Å². The Morgan fingerprint density at radius 1 is 1.00 bits per heavy atom. The van der Waals surface area contributed by atoms with Gasteiger partial charge in [0.05, 0.1) is 6.54 Å². The number of alkyl halides is 2. The van der Waals surface area contributed by atoms with Gasteiger partial charge in [-0.25, -0.2) is 8.78 Å². The Morgan fingerprint density at radius 2 is 1.71 bits per heavy atom. The van der Waals surface area contributed by atoms with Crippen molar-refractivity contribution in [2.75, 3.05) is 13.1 Å². The summed E-state index contributed by atoms with van der Waals surface area (Å²) in [5.74, 6) is -2.00. The van der Waals surface area contributed by atoms with Crippen LogP contribution in [-0.4, -0.2) is 40.2 Å². The molecule has 2 heterocycles. The number of halogens is 2. The fraction of sp³-hybridized carbons (Fsp3) is 0.185. The number of amidine groups is 1. The molecular weight excluding hydrogens is 450 g/mol. The minimum Gasteiger partial charge on any atom is -0.457 e. The van der Waals surface area contributed by atoms with Crippen molar-refractivity contribution in [3.8, 4) is 11.5 Å². The van der Waals surface area contributed by atoms with Crippen molar-refractivity contribution < 1.29 is 18.3 Å². The molecule has 1 saturated heterocycles. The Morgan fingerprint density at radius 3 is 2.37 bits per heavy atom. The number of hydrogen-bond acceptors (Lipinski definition) is 3. The highest BCUT2D eigenvalue weighted by molar-refractivity contribution is 6.02. The van der Waals surface area contributed by atoms with Gasteiger partial charge in [-0.05, 0) is 42.0 Å². The van der Waals surface area contributed by atoms with Gasteiger partial charge in [0.1, 0.15) is 23.0 Å². The number of carbonyl (C=O) groups excluding carboxylic acids is 1. The average Bonchev–Trinajstić information content (AvgIpc) is 3.40. The molecule has 6 nitrogen and oxygen atoms in total. The maximum Gasteiger partial charge on any atom is 0.270 e. The van der Waals surface area contributed by atoms with Gasteiger partial charge in [0.25, 0.3) is 11.8 Å². The van der Waals surface area contributed by atoms with Crippen LogP contribution in [0, 0.1) is 5.41 Å². The highest BCUT2D eigenvalue weighted by Crippen LogP contribution is 2.30. The maximum atomic E-state index is 13.8. The summed E-state index contributed by atoms with van der Waals surface area (Å²) in [6.07, 6.45) is -0.337. The molecule has 1 fully saturated rings. The first kappa shape index (κ1) is 22.6. The van der Waals surface area contributed by atoms with E-state index in [0.29, 0.717) is 29.1 Å². The van der Waals surface area contributed by atoms with Crippen molar-refractivity contribution in [2.24, 2.45) is 5.73 Å². The van der Waals surface area contributed by atoms with Crippen molar-refractivity contribution in [1.82, 2.24) is 9.47 Å². The van der Waals surface area contributed by atoms with E-state index in [-0.39, 0.29) is 18.8 Å². The van der Waals surface area contributed by atoms with Gasteiger partial charge >= 0.3 is 0 Å². The summed E-state index contributed by atoms with van der Waals surface area (Å²) in [6, 6.07) is 23.9. The van der Waals surface area contributed by atoms with Gasteiger partial charge in [-0.1, -0.05) is 42.5 Å². The Bertz CT molecular complexity index is 1400. The van der Waals surface area contributed by atoms with E-state index < -0.39 is 18.4 Å². The van der Waals surface area contributed by atoms with Gasteiger partial charge in [-0.2, -0.15) is 0 Å². The zero-order valence-electron chi connectivity index (χ0n) is 18.9. The number of ether oxygens (including phenoxy) is 1. The first-order chi connectivity index (χ1) is 16.8. The molecule has 3 N–H and O–H groups in total. The zero-order chi connectivity index (χ0) is 24.6. The fourth-order valence-electron chi connectivity index (χ4n) is 4.31. The quantitative estimate of drug-likeness (QED) is 0.296. The summed E-state index contributed by atoms with van der Waals surface area (Å²) in [5, 5.41) is 8.56. The summed E-state index contributed by atoms with van der Waals surface area (Å²) < 4.78 is 35.3. The third-order valence-corrected chi connectivity index (χ3v) is 6.13. The topological polar surface area (TPSA) is 84.3 Å². The van der Waals surface area contributed by atoms with Crippen LogP contribution in [0.4, 0.5) is 8.78 Å². The van der Waals surface area contributed by atoms with Crippen LogP contribution in [0.2, 0.25) is 0 Å². The van der Waals surface area contributed by atoms with E-state index in [1.54, 1.807) is 28.8 Å². The molecule has 0 bridgehead atoms. The lowest BCUT2D eigenvalue weighted by Crippen LogP contribution is -2.32. The SMILES string of the molecule is N=C(N)c1ccc2cc(C(=O)N3CCC(F)(F)C3)n(Cc3ccc(Oc4ccccc4)cc3)c2c1. The number of rotatable bonds is 6. The number of nitrogens with zero attached hydrogens (tertiary/aromatic N) is 2. The summed E-state index contributed by atoms with van der Waals surface area (Å²) in [5.41, 5.74) is 8.14. The molecule has 3 aromatic carbocycles. The molecule has 35 heavy (non-hydrogen) atoms. The number of nitrogens with one attached hydrogen (secondary N) is 1. The summed E-state index contributed by atoms with van der Waals surface area (Å²) >= 11 is 0. The number of nitrogen functional groups attached to an aromatic ring is 1. The van der Waals surface area contributed by atoms with E-state index in [1.807, 2.05) is 54.6 Å². The molecule has 5 rings (SSSR count). The highest BCUT2D eigenvalue weighted by Gasteiger charge is 2.41. The van der Waals surface area contributed by atoms with E-state index in [1.165, 1.54) is 4.90 Å². The second kappa shape index (κ2) is 8.87. The molecule has 0 spiro atoms. The largest absolute Gasteiger partial charge is 0.457 e. The van der Waals surface area contributed by atoms with E-state index >= 15 is 0 Å². The number of amides is 1. The molecule has 1 aliphatic heterocycles. The molecular formula is C27H24F2N4O2. The molecule has 0 aliphatic carbocycles. The van der Waals surface area contributed by atoms with Crippen molar-refractivity contribution in [1.29, 1.82) is 5.41 Å². The highest BCUT2D eigenvalue weighted by atomic mass is 19.3. The monoisotopic (exact) mass is 474 g/mol. The third-order valence-electron chi connectivity index (χ3n) is 6.13. The molecule has 0 saturated carbocycles. The predicted molar refractivity (Wildman–Crippen MR) is 130 cm³/mol. The molecule has 0 atom stereocenters. The Balaban J connectivity index is 1.48. The molecule has 8 heteroatoms. The lowest BCUT2D eigenvalue weighted by molar-refractivity contribution is 0.0119. The van der Waals surface area contributed by atoms with Crippen LogP contribution in [0.15, 0.2) is 78.9 Å². The van der Waals surface area contributed by atoms with Crippen LogP contribution in [-0.2, 0) is 6.54 Å². The second-order valence-electron chi connectivity index (χ2n) is 8.69. The van der Waals surface area contributed by atoms with E-state index in [9.17, 15) is 13.6 Å². The van der Waals surface area contributed by atoms with Crippen molar-refractivity contribution in [2.45, 2.75) is 18.9 Å². The fourth-order valence-corrected chi connectivity index (χ4v) is 4.31. The Labute approximate surface area is 201 Å². The van der Waals surface area contributed by atoms with Crippen LogP contribution < -0.4 is 10.5 Å². The number of para-hydroxylation sites is 1. The smallest absolute Gasteiger partial charge is 0.270 e. The van der Waals surface area contributed by atoms with E-state index in [2.05, 4.69) is 0 Å². The lowest BCUT2D eigenvalue weighted by Gasteiger charge is -2.18. The molecule has 0 radical (unpaired) electrons. The first-order valence-corrected chi connectivity index (χ1v) is 11.3. The number of benzene rings is 3.